The Morgan fingerprint density at radius 3 is 1.68 bits per heavy atom. The van der Waals surface area contributed by atoms with E-state index in [1.54, 1.807) is 39.8 Å². The van der Waals surface area contributed by atoms with Crippen LogP contribution in [0.25, 0.3) is 14.5 Å². The largest absolute Gasteiger partial charge is 1.00 e. The van der Waals surface area contributed by atoms with E-state index in [1.165, 1.54) is 46.2 Å². The number of hydrogen-bond donors (Lipinski definition) is 6. The molecule has 2 aromatic heterocycles. The van der Waals surface area contributed by atoms with Crippen LogP contribution in [-0.2, 0) is 23.9 Å². The summed E-state index contributed by atoms with van der Waals surface area (Å²) in [5.41, 5.74) is 23.0. The summed E-state index contributed by atoms with van der Waals surface area (Å²) in [6, 6.07) is 8.17. The summed E-state index contributed by atoms with van der Waals surface area (Å²) in [4.78, 5) is 65.8. The van der Waals surface area contributed by atoms with Crippen LogP contribution in [0.1, 0.15) is 57.1 Å². The van der Waals surface area contributed by atoms with Crippen molar-refractivity contribution in [2.75, 3.05) is 38.3 Å². The molecule has 2 rings (SSSR count). The monoisotopic (exact) mass is 798 g/mol. The minimum atomic E-state index is -1.06. The van der Waals surface area contributed by atoms with Crippen molar-refractivity contribution >= 4 is 35.3 Å². The van der Waals surface area contributed by atoms with Crippen molar-refractivity contribution in [3.8, 4) is 24.0 Å². The number of carboxylic acid groups (broad SMARTS) is 1. The number of aromatic nitrogens is 2. The smallest absolute Gasteiger partial charge is 0.855 e. The number of anilines is 2. The summed E-state index contributed by atoms with van der Waals surface area (Å²) in [7, 11) is 1.50. The van der Waals surface area contributed by atoms with E-state index in [0.717, 1.165) is 0 Å². The number of nitrogens with zero attached hydrogens (tertiary/aromatic N) is 7. The molecule has 0 fully saturated rings. The van der Waals surface area contributed by atoms with E-state index in [1.807, 2.05) is 6.07 Å². The van der Waals surface area contributed by atoms with Gasteiger partial charge in [0.2, 0.25) is 5.43 Å². The molecule has 2 aromatic rings. The van der Waals surface area contributed by atoms with Crippen LogP contribution in [0, 0.1) is 67.6 Å². The number of ether oxygens (including phenoxy) is 2. The summed E-state index contributed by atoms with van der Waals surface area (Å²) < 4.78 is 8.93. The van der Waals surface area contributed by atoms with Gasteiger partial charge in [-0.25, -0.2) is 27.8 Å². The van der Waals surface area contributed by atoms with Crippen LogP contribution in [-0.4, -0.2) is 65.6 Å². The Hall–Kier alpha value is -7.24. The number of hydrogen-bond acceptors (Lipinski definition) is 16. The number of carbonyl (C=O) groups excluding carboxylic acids is 3. The average molecular weight is 799 g/mol. The van der Waals surface area contributed by atoms with Gasteiger partial charge >= 0.3 is 54.0 Å². The average Bonchev–Trinajstić information content (AvgIpc) is 3.05. The molecule has 0 aliphatic heterocycles. The van der Waals surface area contributed by atoms with E-state index in [-0.39, 0.29) is 70.8 Å². The molecule has 22 heteroatoms. The number of allylic oxidation sites excluding steroid dienone is 2. The van der Waals surface area contributed by atoms with E-state index in [0.29, 0.717) is 34.2 Å². The molecule has 2 heterocycles. The molecule has 0 aromatic carbocycles. The van der Waals surface area contributed by atoms with Crippen LogP contribution >= 0.6 is 0 Å². The second-order valence-electron chi connectivity index (χ2n) is 9.52. The van der Waals surface area contributed by atoms with Gasteiger partial charge in [0, 0.05) is 43.1 Å². The van der Waals surface area contributed by atoms with Crippen molar-refractivity contribution in [3.05, 3.63) is 102 Å². The zero-order valence-corrected chi connectivity index (χ0v) is 35.0. The third kappa shape index (κ3) is 36.9. The maximum atomic E-state index is 11.0. The van der Waals surface area contributed by atoms with Gasteiger partial charge in [-0.2, -0.15) is 15.8 Å². The van der Waals surface area contributed by atoms with E-state index < -0.39 is 30.2 Å². The molecule has 0 radical (unpaired) electrons. The number of pyridine rings is 2. The topological polar surface area (TPSA) is 364 Å². The van der Waals surface area contributed by atoms with Crippen molar-refractivity contribution in [3.63, 3.8) is 0 Å². The van der Waals surface area contributed by atoms with Gasteiger partial charge in [0.05, 0.1) is 19.4 Å². The zero-order chi connectivity index (χ0) is 45.0. The predicted octanol–water partition coefficient (Wildman–Crippen LogP) is -1.60. The van der Waals surface area contributed by atoms with Crippen LogP contribution in [0.15, 0.2) is 40.1 Å². The number of nitriles is 3. The maximum Gasteiger partial charge on any atom is 1.00 e. The Kier molecular flexibility index (Phi) is 41.7. The van der Waals surface area contributed by atoms with Gasteiger partial charge in [-0.05, 0) is 27.7 Å². The normalized spacial score (nSPS) is 8.79. The predicted molar refractivity (Wildman–Crippen MR) is 201 cm³/mol. The van der Waals surface area contributed by atoms with Crippen molar-refractivity contribution in [1.82, 2.24) is 9.97 Å². The molecular formula is C35H43N12NaO9. The molecule has 0 aliphatic carbocycles. The number of carboxylic acids is 1. The fraction of sp³-hybridized carbons (Fsp3) is 0.314. The van der Waals surface area contributed by atoms with Gasteiger partial charge in [-0.3, -0.25) is 19.2 Å². The molecule has 0 saturated heterocycles. The number of methoxy groups -OCH3 is 1. The molecular weight excluding hydrogens is 755 g/mol. The number of ketones is 1. The van der Waals surface area contributed by atoms with Crippen molar-refractivity contribution < 1.29 is 68.4 Å². The molecule has 57 heavy (non-hydrogen) atoms. The van der Waals surface area contributed by atoms with Crippen LogP contribution in [0.3, 0.4) is 0 Å². The minimum absolute atomic E-state index is 0. The van der Waals surface area contributed by atoms with Gasteiger partial charge in [-0.1, -0.05) is 6.92 Å². The van der Waals surface area contributed by atoms with Gasteiger partial charge in [0.25, 0.3) is 12.3 Å². The first-order valence-corrected chi connectivity index (χ1v) is 15.0. The van der Waals surface area contributed by atoms with Gasteiger partial charge in [0.1, 0.15) is 52.3 Å². The van der Waals surface area contributed by atoms with E-state index in [4.69, 9.17) is 73.4 Å². The number of H-pyrrole nitrogens is 1. The Bertz CT molecular complexity index is 1980. The zero-order valence-electron chi connectivity index (χ0n) is 33.0. The molecule has 0 aliphatic rings. The van der Waals surface area contributed by atoms with Crippen LogP contribution in [0.4, 0.5) is 11.6 Å². The summed E-state index contributed by atoms with van der Waals surface area (Å²) >= 11 is 0. The Morgan fingerprint density at radius 2 is 1.44 bits per heavy atom. The summed E-state index contributed by atoms with van der Waals surface area (Å²) in [6.45, 7) is 28.3. The summed E-state index contributed by atoms with van der Waals surface area (Å²) in [5.74, 6) is -1.58. The molecule has 21 nitrogen and oxygen atoms in total. The standard InChI is InChI=1S/C8H9N3O.2C7H7N3O.C4H6N2.C4H6O3.C3H3NO2.C2H5O.Na/c1-5-6(4-9)7(12-2)3-8(10)11-5;1-4-5(3-8)6(11)2-7(9)10-4;1-5(9)6(3-8)7(11)4-10-2;1-4(5)3-6-2;1-3(5)7-4(2)6;1-4-2-3(5)6;1-2-3;/h3H,1-2H3,(H2,10,11);2H,1H3,(H3,9,10,11);4,9H2,1H3;3H,5H2,1H3;1-2H3;2H2,(H,5,6);2H2,1H3;/q;;;;;;-1;+1/b;;6-5-;4-3-;;;;. The number of Topliss-reactive ketones (excluding diaryl/α,β-unsaturated/α-hetero) is 1. The number of rotatable bonds is 4. The van der Waals surface area contributed by atoms with Crippen LogP contribution in [0.2, 0.25) is 0 Å². The number of esters is 2. The second-order valence-corrected chi connectivity index (χ2v) is 9.52. The first kappa shape index (κ1) is 61.8. The number of aliphatic carboxylic acids is 1. The quantitative estimate of drug-likeness (QED) is 0.0507. The third-order valence-corrected chi connectivity index (χ3v) is 4.64. The third-order valence-electron chi connectivity index (χ3n) is 4.64. The Morgan fingerprint density at radius 1 is 0.965 bits per heavy atom. The first-order valence-electron chi connectivity index (χ1n) is 15.0. The van der Waals surface area contributed by atoms with Gasteiger partial charge in [-0.15, -0.1) is 6.61 Å². The first-order chi connectivity index (χ1) is 26.0. The molecule has 0 saturated carbocycles. The van der Waals surface area contributed by atoms with Crippen molar-refractivity contribution in [2.45, 2.75) is 48.5 Å². The molecule has 10 N–H and O–H groups in total. The number of carbonyl (C=O) groups is 4. The minimum Gasteiger partial charge on any atom is -0.855 e. The van der Waals surface area contributed by atoms with Crippen LogP contribution < -0.4 is 67.8 Å². The van der Waals surface area contributed by atoms with E-state index in [9.17, 15) is 24.0 Å². The molecule has 298 valence electrons. The number of aromatic amines is 1. The fourth-order valence-electron chi connectivity index (χ4n) is 2.71. The van der Waals surface area contributed by atoms with Crippen LogP contribution in [0.5, 0.6) is 5.75 Å². The van der Waals surface area contributed by atoms with Gasteiger partial charge < -0.3 is 57.3 Å². The molecule has 0 atom stereocenters. The maximum absolute atomic E-state index is 11.0. The number of nitrogens with one attached hydrogen (secondary N) is 1. The number of nitrogens with two attached hydrogens (primary N) is 4. The number of nitrogen functional groups attached to an aromatic ring is 2. The molecule has 0 unspecified atom stereocenters. The van der Waals surface area contributed by atoms with Gasteiger partial charge in [0.15, 0.2) is 6.20 Å². The Balaban J connectivity index is -0.000000137. The number of aryl methyl sites for hydroxylation is 2. The summed E-state index contributed by atoms with van der Waals surface area (Å²) in [6.07, 6.45) is 1.28. The molecule has 0 spiro atoms. The fourth-order valence-corrected chi connectivity index (χ4v) is 2.71. The molecule has 0 amide bonds. The summed E-state index contributed by atoms with van der Waals surface area (Å²) in [5, 5.41) is 42.2. The van der Waals surface area contributed by atoms with E-state index >= 15 is 0 Å². The van der Waals surface area contributed by atoms with Crippen molar-refractivity contribution in [1.29, 1.82) is 15.8 Å². The Labute approximate surface area is 352 Å². The SMILES string of the molecule is CC(=O)OC(C)=O.CC[O-].COc1cc(N)nc(C)c1C#N.Cc1[nH]c(N)cc(=O)c1C#N.[C-]#[N+]/C=C(/C)N.[C-]#[N+]CC(=O)/C(C#N)=C(/C)N.[C-]#[N+]CC(=O)O.[Na+]. The second kappa shape index (κ2) is 38.5. The van der Waals surface area contributed by atoms with E-state index in [2.05, 4.69) is 29.2 Å². The van der Waals surface area contributed by atoms with Crippen molar-refractivity contribution in [2.24, 2.45) is 11.5 Å². The molecule has 0 bridgehead atoms.